The molecule has 0 spiro atoms. The molecule has 0 aliphatic rings. The van der Waals surface area contributed by atoms with Crippen molar-refractivity contribution in [1.82, 2.24) is 0 Å². The van der Waals surface area contributed by atoms with Crippen molar-refractivity contribution in [2.45, 2.75) is 0 Å². The molecule has 2 N–H and O–H groups in total. The fourth-order valence-electron chi connectivity index (χ4n) is 0.118. The fraction of sp³-hybridized carbons (Fsp3) is 0. The molecule has 0 amide bonds. The van der Waals surface area contributed by atoms with Crippen molar-refractivity contribution in [2.75, 3.05) is 0 Å². The summed E-state index contributed by atoms with van der Waals surface area (Å²) < 4.78 is 14.3. The number of rotatable bonds is 3. The third-order valence-electron chi connectivity index (χ3n) is 0.355. The molecule has 0 unspecified atom stereocenters. The maximum Gasteiger partial charge on any atom is 0.482 e. The van der Waals surface area contributed by atoms with E-state index in [1.54, 1.807) is 0 Å². The highest BCUT2D eigenvalue weighted by Crippen LogP contribution is 1.61. The Labute approximate surface area is 46.7 Å². The van der Waals surface area contributed by atoms with Crippen LogP contribution in [-0.2, 0) is 8.58 Å². The minimum atomic E-state index is -2.12. The Morgan fingerprint density at radius 2 is 2.14 bits per heavy atom. The molecular formula is H6O4Si3. The standard InChI is InChI=1S/H6O4Si3/c1-5-4-7(3)6-2/h1-2H,5-6H2. The van der Waals surface area contributed by atoms with Gasteiger partial charge in [-0.25, -0.2) is 0 Å². The smallest absolute Gasteiger partial charge is 0.482 e. The van der Waals surface area contributed by atoms with Crippen LogP contribution in [-0.4, -0.2) is 37.3 Å². The van der Waals surface area contributed by atoms with Crippen LogP contribution in [0.1, 0.15) is 0 Å². The third-order valence-corrected chi connectivity index (χ3v) is 5.03. The molecule has 0 aliphatic carbocycles. The van der Waals surface area contributed by atoms with Crippen LogP contribution in [0.2, 0.25) is 0 Å². The van der Waals surface area contributed by atoms with Gasteiger partial charge in [-0.05, 0) is 0 Å². The summed E-state index contributed by atoms with van der Waals surface area (Å²) in [6.45, 7) is 0. The molecule has 0 aromatic rings. The highest BCUT2D eigenvalue weighted by Gasteiger charge is 2.01. The van der Waals surface area contributed by atoms with E-state index in [4.69, 9.17) is 9.59 Å². The van der Waals surface area contributed by atoms with Crippen molar-refractivity contribution in [1.29, 1.82) is 0 Å². The molecule has 0 saturated carbocycles. The summed E-state index contributed by atoms with van der Waals surface area (Å²) in [5.41, 5.74) is 0. The number of hydrogen-bond donors (Lipinski definition) is 2. The van der Waals surface area contributed by atoms with Gasteiger partial charge in [0.1, 0.15) is 0 Å². The van der Waals surface area contributed by atoms with Gasteiger partial charge in [-0.2, -0.15) is 0 Å². The van der Waals surface area contributed by atoms with Crippen LogP contribution in [0.25, 0.3) is 0 Å². The van der Waals surface area contributed by atoms with E-state index >= 15 is 0 Å². The Bertz CT molecular complexity index is 60.0. The van der Waals surface area contributed by atoms with E-state index in [9.17, 15) is 4.46 Å². The predicted octanol–water partition coefficient (Wildman–Crippen LogP) is -3.51. The van der Waals surface area contributed by atoms with Crippen LogP contribution >= 0.6 is 0 Å². The fourth-order valence-corrected chi connectivity index (χ4v) is 2.70. The summed E-state index contributed by atoms with van der Waals surface area (Å²) in [6.07, 6.45) is 0. The highest BCUT2D eigenvalue weighted by molar-refractivity contribution is 6.98. The summed E-state index contributed by atoms with van der Waals surface area (Å²) >= 11 is 0. The molecule has 0 aliphatic heterocycles. The molecule has 0 heterocycles. The van der Waals surface area contributed by atoms with Gasteiger partial charge in [0, 0.05) is 0 Å². The Morgan fingerprint density at radius 1 is 1.57 bits per heavy atom. The van der Waals surface area contributed by atoms with Gasteiger partial charge in [0.2, 0.25) is 0 Å². The molecule has 0 radical (unpaired) electrons. The Morgan fingerprint density at radius 3 is 2.29 bits per heavy atom. The summed E-state index contributed by atoms with van der Waals surface area (Å²) in [5.74, 6) is 0. The largest absolute Gasteiger partial charge is 0.565 e. The van der Waals surface area contributed by atoms with Crippen LogP contribution in [0.15, 0.2) is 0 Å². The van der Waals surface area contributed by atoms with E-state index < -0.39 is 27.7 Å². The van der Waals surface area contributed by atoms with Gasteiger partial charge in [0.25, 0.3) is 9.28 Å². The molecule has 42 valence electrons. The lowest BCUT2D eigenvalue weighted by molar-refractivity contribution is 0.419. The first-order chi connectivity index (χ1) is 3.31. The van der Waals surface area contributed by atoms with E-state index in [2.05, 4.69) is 4.12 Å². The van der Waals surface area contributed by atoms with Gasteiger partial charge < -0.3 is 18.2 Å². The van der Waals surface area contributed by atoms with Crippen molar-refractivity contribution in [2.24, 2.45) is 0 Å². The molecule has 0 aromatic heterocycles. The van der Waals surface area contributed by atoms with Crippen LogP contribution in [0.5, 0.6) is 0 Å². The summed E-state index contributed by atoms with van der Waals surface area (Å²) in [7, 11) is -5.13. The number of hydrogen-bond acceptors (Lipinski definition) is 4. The van der Waals surface area contributed by atoms with Gasteiger partial charge in [0.05, 0.1) is 0 Å². The molecule has 0 bridgehead atoms. The van der Waals surface area contributed by atoms with Crippen LogP contribution < -0.4 is 0 Å². The molecule has 7 heavy (non-hydrogen) atoms. The lowest BCUT2D eigenvalue weighted by atomic mass is 15.8. The third kappa shape index (κ3) is 4.01. The van der Waals surface area contributed by atoms with E-state index in [0.29, 0.717) is 0 Å². The second-order valence-corrected chi connectivity index (χ2v) is 5.96. The summed E-state index contributed by atoms with van der Waals surface area (Å²) in [4.78, 5) is 16.1. The van der Waals surface area contributed by atoms with Crippen molar-refractivity contribution in [3.63, 3.8) is 0 Å². The lowest BCUT2D eigenvalue weighted by Gasteiger charge is -1.91. The molecule has 0 fully saturated rings. The molecule has 7 heteroatoms. The van der Waals surface area contributed by atoms with Gasteiger partial charge >= 0.3 is 18.5 Å². The Hall–Kier alpha value is 0.171. The molecule has 0 aromatic carbocycles. The van der Waals surface area contributed by atoms with E-state index in [1.807, 2.05) is 0 Å². The second-order valence-electron chi connectivity index (χ2n) is 0.804. The first-order valence-corrected chi connectivity index (χ1v) is 7.17. The molecule has 0 rings (SSSR count). The van der Waals surface area contributed by atoms with Gasteiger partial charge in [0.15, 0.2) is 0 Å². The topological polar surface area (TPSA) is 66.8 Å². The van der Waals surface area contributed by atoms with Gasteiger partial charge in [-0.1, -0.05) is 0 Å². The second kappa shape index (κ2) is 4.33. The molecule has 0 atom stereocenters. The zero-order chi connectivity index (χ0) is 5.70. The summed E-state index contributed by atoms with van der Waals surface area (Å²) in [6, 6.07) is 0. The zero-order valence-electron chi connectivity index (χ0n) is 3.63. The van der Waals surface area contributed by atoms with E-state index in [-0.39, 0.29) is 0 Å². The van der Waals surface area contributed by atoms with E-state index in [1.165, 1.54) is 0 Å². The minimum Gasteiger partial charge on any atom is -0.565 e. The first kappa shape index (κ1) is 7.17. The van der Waals surface area contributed by atoms with Crippen LogP contribution in [0.4, 0.5) is 0 Å². The quantitative estimate of drug-likeness (QED) is 0.414. The van der Waals surface area contributed by atoms with Crippen LogP contribution in [0.3, 0.4) is 0 Å². The lowest BCUT2D eigenvalue weighted by Crippen LogP contribution is -2.17. The van der Waals surface area contributed by atoms with Crippen molar-refractivity contribution in [3.8, 4) is 0 Å². The SMILES string of the molecule is O=[Si](O[SiH2]O)[SiH2]O. The highest BCUT2D eigenvalue weighted by atomic mass is 29.2. The van der Waals surface area contributed by atoms with Crippen LogP contribution in [0, 0.1) is 0 Å². The first-order valence-electron chi connectivity index (χ1n) is 1.68. The average Bonchev–Trinajstić information content (AvgIpc) is 1.68. The predicted molar refractivity (Wildman–Crippen MR) is 29.1 cm³/mol. The molecular weight excluding hydrogens is 148 g/mol. The van der Waals surface area contributed by atoms with Gasteiger partial charge in [-0.3, -0.25) is 0 Å². The maximum absolute atomic E-state index is 10.1. The maximum atomic E-state index is 10.1. The van der Waals surface area contributed by atoms with Gasteiger partial charge in [-0.15, -0.1) is 0 Å². The Kier molecular flexibility index (Phi) is 4.44. The average molecular weight is 154 g/mol. The zero-order valence-corrected chi connectivity index (χ0v) is 7.45. The van der Waals surface area contributed by atoms with Crippen molar-refractivity contribution < 1.29 is 18.2 Å². The molecule has 0 saturated heterocycles. The van der Waals surface area contributed by atoms with E-state index in [0.717, 1.165) is 0 Å². The monoisotopic (exact) mass is 154 g/mol. The molecule has 4 nitrogen and oxygen atoms in total. The summed E-state index contributed by atoms with van der Waals surface area (Å²) in [5, 5.41) is 0. The normalized spacial score (nSPS) is 11.7. The van der Waals surface area contributed by atoms with Crippen molar-refractivity contribution >= 4 is 27.7 Å². The minimum absolute atomic E-state index is 1.47. The Balaban J connectivity index is 3.00. The van der Waals surface area contributed by atoms with Crippen molar-refractivity contribution in [3.05, 3.63) is 0 Å².